The molecule has 0 bridgehead atoms. The number of amides is 1. The summed E-state index contributed by atoms with van der Waals surface area (Å²) in [5.74, 6) is 0.820. The lowest BCUT2D eigenvalue weighted by molar-refractivity contribution is -0.122. The number of nitrogens with zero attached hydrogens (tertiary/aromatic N) is 3. The van der Waals surface area contributed by atoms with Crippen molar-refractivity contribution in [1.29, 1.82) is 0 Å². The number of ether oxygens (including phenoxy) is 1. The average molecular weight is 421 g/mol. The number of hydrogen-bond acceptors (Lipinski definition) is 5. The van der Waals surface area contributed by atoms with E-state index in [1.54, 1.807) is 13.2 Å². The Bertz CT molecular complexity index is 1120. The van der Waals surface area contributed by atoms with Crippen LogP contribution in [-0.2, 0) is 11.3 Å². The molecule has 162 valence electrons. The van der Waals surface area contributed by atoms with Crippen LogP contribution in [0.25, 0.3) is 10.9 Å². The first-order valence-electron chi connectivity index (χ1n) is 10.7. The van der Waals surface area contributed by atoms with Gasteiger partial charge in [0.05, 0.1) is 24.3 Å². The first-order valence-corrected chi connectivity index (χ1v) is 10.7. The zero-order valence-electron chi connectivity index (χ0n) is 18.0. The predicted molar refractivity (Wildman–Crippen MR) is 122 cm³/mol. The highest BCUT2D eigenvalue weighted by Crippen LogP contribution is 2.23. The number of rotatable bonds is 6. The lowest BCUT2D eigenvalue weighted by atomic mass is 10.0. The third-order valence-electron chi connectivity index (χ3n) is 5.93. The minimum atomic E-state index is -0.103. The third-order valence-corrected chi connectivity index (χ3v) is 5.93. The Hall–Kier alpha value is -3.35. The van der Waals surface area contributed by atoms with Gasteiger partial charge in [-0.05, 0) is 55.7 Å². The van der Waals surface area contributed by atoms with Crippen LogP contribution < -0.4 is 20.5 Å². The van der Waals surface area contributed by atoms with Crippen molar-refractivity contribution >= 4 is 22.5 Å². The van der Waals surface area contributed by atoms with Crippen molar-refractivity contribution < 1.29 is 9.53 Å². The standard InChI is InChI=1S/C24H28N4O3/c1-17-4-3-5-21-23(17)25-16-28(24(21)30)15-12-22(29)26-18-10-13-27(14-11-18)19-6-8-20(31-2)9-7-19/h3-9,16,18H,10-15H2,1-2H3,(H,26,29). The van der Waals surface area contributed by atoms with Crippen molar-refractivity contribution in [2.24, 2.45) is 0 Å². The van der Waals surface area contributed by atoms with Crippen LogP contribution in [0.4, 0.5) is 5.69 Å². The minimum Gasteiger partial charge on any atom is -0.497 e. The van der Waals surface area contributed by atoms with Gasteiger partial charge in [-0.15, -0.1) is 0 Å². The number of carbonyl (C=O) groups is 1. The highest BCUT2D eigenvalue weighted by molar-refractivity contribution is 5.80. The molecule has 7 nitrogen and oxygen atoms in total. The molecule has 0 radical (unpaired) electrons. The molecule has 3 aromatic rings. The Morgan fingerprint density at radius 1 is 1.16 bits per heavy atom. The van der Waals surface area contributed by atoms with Gasteiger partial charge < -0.3 is 15.0 Å². The molecular formula is C24H28N4O3. The normalized spacial score (nSPS) is 14.6. The fourth-order valence-corrected chi connectivity index (χ4v) is 4.09. The van der Waals surface area contributed by atoms with E-state index in [0.29, 0.717) is 11.9 Å². The molecule has 1 saturated heterocycles. The Morgan fingerprint density at radius 2 is 1.90 bits per heavy atom. The van der Waals surface area contributed by atoms with E-state index in [9.17, 15) is 9.59 Å². The van der Waals surface area contributed by atoms with Gasteiger partial charge in [-0.2, -0.15) is 0 Å². The van der Waals surface area contributed by atoms with Gasteiger partial charge >= 0.3 is 0 Å². The summed E-state index contributed by atoms with van der Waals surface area (Å²) in [6, 6.07) is 13.8. The summed E-state index contributed by atoms with van der Waals surface area (Å²) in [6.07, 6.45) is 3.60. The molecule has 1 N–H and O–H groups in total. The number of aryl methyl sites for hydroxylation is 2. The Labute approximate surface area is 181 Å². The molecule has 0 saturated carbocycles. The van der Waals surface area contributed by atoms with E-state index in [-0.39, 0.29) is 23.9 Å². The van der Waals surface area contributed by atoms with Crippen LogP contribution in [0, 0.1) is 6.92 Å². The van der Waals surface area contributed by atoms with E-state index in [1.807, 2.05) is 31.2 Å². The number of piperidine rings is 1. The maximum atomic E-state index is 12.7. The van der Waals surface area contributed by atoms with E-state index in [4.69, 9.17) is 4.74 Å². The summed E-state index contributed by atoms with van der Waals surface area (Å²) >= 11 is 0. The Balaban J connectivity index is 1.28. The van der Waals surface area contributed by atoms with Crippen LogP contribution in [0.5, 0.6) is 5.75 Å². The summed E-state index contributed by atoms with van der Waals surface area (Å²) in [4.78, 5) is 31.9. The van der Waals surface area contributed by atoms with Gasteiger partial charge in [0.1, 0.15) is 5.75 Å². The molecule has 2 heterocycles. The Kier molecular flexibility index (Phi) is 6.21. The van der Waals surface area contributed by atoms with Crippen LogP contribution in [0.2, 0.25) is 0 Å². The molecule has 0 spiro atoms. The number of fused-ring (bicyclic) bond motifs is 1. The monoisotopic (exact) mass is 420 g/mol. The molecular weight excluding hydrogens is 392 g/mol. The summed E-state index contributed by atoms with van der Waals surface area (Å²) < 4.78 is 6.74. The molecule has 4 rings (SSSR count). The number of hydrogen-bond donors (Lipinski definition) is 1. The maximum absolute atomic E-state index is 12.7. The van der Waals surface area contributed by atoms with E-state index < -0.39 is 0 Å². The van der Waals surface area contributed by atoms with Crippen molar-refractivity contribution in [2.45, 2.75) is 38.8 Å². The number of carbonyl (C=O) groups excluding carboxylic acids is 1. The van der Waals surface area contributed by atoms with Crippen LogP contribution in [0.3, 0.4) is 0 Å². The lowest BCUT2D eigenvalue weighted by Gasteiger charge is -2.34. The second kappa shape index (κ2) is 9.20. The van der Waals surface area contributed by atoms with Crippen molar-refractivity contribution in [3.05, 3.63) is 64.7 Å². The van der Waals surface area contributed by atoms with E-state index in [0.717, 1.165) is 42.8 Å². The second-order valence-electron chi connectivity index (χ2n) is 7.99. The van der Waals surface area contributed by atoms with Crippen molar-refractivity contribution in [1.82, 2.24) is 14.9 Å². The van der Waals surface area contributed by atoms with Gasteiger partial charge in [-0.25, -0.2) is 4.98 Å². The smallest absolute Gasteiger partial charge is 0.261 e. The molecule has 2 aromatic carbocycles. The molecule has 0 unspecified atom stereocenters. The number of methoxy groups -OCH3 is 1. The molecule has 1 aromatic heterocycles. The molecule has 1 aliphatic heterocycles. The fraction of sp³-hybridized carbons (Fsp3) is 0.375. The lowest BCUT2D eigenvalue weighted by Crippen LogP contribution is -2.45. The highest BCUT2D eigenvalue weighted by Gasteiger charge is 2.21. The van der Waals surface area contributed by atoms with Gasteiger partial charge in [-0.1, -0.05) is 12.1 Å². The number of anilines is 1. The molecule has 1 aliphatic rings. The quantitative estimate of drug-likeness (QED) is 0.664. The maximum Gasteiger partial charge on any atom is 0.261 e. The summed E-state index contributed by atoms with van der Waals surface area (Å²) in [7, 11) is 1.66. The SMILES string of the molecule is COc1ccc(N2CCC(NC(=O)CCn3cnc4c(C)cccc4c3=O)CC2)cc1. The van der Waals surface area contributed by atoms with Gasteiger partial charge in [0, 0.05) is 37.8 Å². The van der Waals surface area contributed by atoms with Crippen molar-refractivity contribution in [3.8, 4) is 5.75 Å². The zero-order chi connectivity index (χ0) is 21.8. The minimum absolute atomic E-state index is 0.0286. The largest absolute Gasteiger partial charge is 0.497 e. The Morgan fingerprint density at radius 3 is 2.61 bits per heavy atom. The van der Waals surface area contributed by atoms with Crippen LogP contribution >= 0.6 is 0 Å². The van der Waals surface area contributed by atoms with Gasteiger partial charge in [-0.3, -0.25) is 14.2 Å². The number of benzene rings is 2. The van der Waals surface area contributed by atoms with Gasteiger partial charge in [0.15, 0.2) is 0 Å². The number of para-hydroxylation sites is 1. The van der Waals surface area contributed by atoms with E-state index in [2.05, 4.69) is 27.3 Å². The average Bonchev–Trinajstić information content (AvgIpc) is 2.80. The van der Waals surface area contributed by atoms with Gasteiger partial charge in [0.2, 0.25) is 5.91 Å². The molecule has 1 fully saturated rings. The zero-order valence-corrected chi connectivity index (χ0v) is 18.0. The molecule has 0 aliphatic carbocycles. The van der Waals surface area contributed by atoms with E-state index >= 15 is 0 Å². The van der Waals surface area contributed by atoms with Crippen LogP contribution in [0.1, 0.15) is 24.8 Å². The molecule has 7 heteroatoms. The fourth-order valence-electron chi connectivity index (χ4n) is 4.09. The molecule has 0 atom stereocenters. The topological polar surface area (TPSA) is 76.5 Å². The summed E-state index contributed by atoms with van der Waals surface area (Å²) in [6.45, 7) is 4.05. The van der Waals surface area contributed by atoms with Crippen molar-refractivity contribution in [2.75, 3.05) is 25.1 Å². The first kappa shape index (κ1) is 20.9. The van der Waals surface area contributed by atoms with Crippen LogP contribution in [-0.4, -0.2) is 41.7 Å². The second-order valence-corrected chi connectivity index (χ2v) is 7.99. The van der Waals surface area contributed by atoms with Crippen LogP contribution in [0.15, 0.2) is 53.6 Å². The third kappa shape index (κ3) is 4.71. The predicted octanol–water partition coefficient (Wildman–Crippen LogP) is 2.89. The van der Waals surface area contributed by atoms with Crippen molar-refractivity contribution in [3.63, 3.8) is 0 Å². The first-order chi connectivity index (χ1) is 15.0. The molecule has 31 heavy (non-hydrogen) atoms. The summed E-state index contributed by atoms with van der Waals surface area (Å²) in [5, 5.41) is 3.72. The number of aromatic nitrogens is 2. The highest BCUT2D eigenvalue weighted by atomic mass is 16.5. The molecule has 1 amide bonds. The summed E-state index contributed by atoms with van der Waals surface area (Å²) in [5.41, 5.74) is 2.76. The van der Waals surface area contributed by atoms with Gasteiger partial charge in [0.25, 0.3) is 5.56 Å². The van der Waals surface area contributed by atoms with E-state index in [1.165, 1.54) is 16.6 Å². The number of nitrogens with one attached hydrogen (secondary N) is 1.